The fourth-order valence-electron chi connectivity index (χ4n) is 4.34. The minimum Gasteiger partial charge on any atom is -0.349 e. The molecule has 6 nitrogen and oxygen atoms in total. The van der Waals surface area contributed by atoms with Crippen molar-refractivity contribution < 1.29 is 4.79 Å². The third-order valence-electron chi connectivity index (χ3n) is 5.96. The largest absolute Gasteiger partial charge is 0.349 e. The molecule has 0 saturated carbocycles. The van der Waals surface area contributed by atoms with Crippen LogP contribution >= 0.6 is 0 Å². The van der Waals surface area contributed by atoms with Crippen LogP contribution in [0.1, 0.15) is 54.2 Å². The zero-order valence-corrected chi connectivity index (χ0v) is 16.5. The molecule has 6 heteroatoms. The van der Waals surface area contributed by atoms with Gasteiger partial charge >= 0.3 is 0 Å². The first-order valence-electron chi connectivity index (χ1n) is 10.6. The number of hydrogen-bond donors (Lipinski definition) is 2. The Morgan fingerprint density at radius 1 is 1.14 bits per heavy atom. The quantitative estimate of drug-likeness (QED) is 0.807. The zero-order chi connectivity index (χ0) is 19.2. The van der Waals surface area contributed by atoms with Gasteiger partial charge in [0.25, 0.3) is 5.91 Å². The highest BCUT2D eigenvalue weighted by molar-refractivity contribution is 5.92. The van der Waals surface area contributed by atoms with Crippen molar-refractivity contribution in [3.63, 3.8) is 0 Å². The maximum absolute atomic E-state index is 12.6. The van der Waals surface area contributed by atoms with E-state index in [0.717, 1.165) is 45.4 Å². The summed E-state index contributed by atoms with van der Waals surface area (Å²) in [5, 5.41) is 11.1. The summed E-state index contributed by atoms with van der Waals surface area (Å²) >= 11 is 0. The molecule has 2 N–H and O–H groups in total. The van der Waals surface area contributed by atoms with Crippen LogP contribution in [0.3, 0.4) is 0 Å². The second-order valence-electron chi connectivity index (χ2n) is 8.00. The molecule has 2 fully saturated rings. The Morgan fingerprint density at radius 2 is 2.04 bits per heavy atom. The topological polar surface area (TPSA) is 62.2 Å². The number of carbonyl (C=O) groups is 1. The van der Waals surface area contributed by atoms with Gasteiger partial charge in [0.2, 0.25) is 0 Å². The van der Waals surface area contributed by atoms with Crippen LogP contribution in [-0.4, -0.2) is 52.8 Å². The number of likely N-dealkylation sites (tertiary alicyclic amines) is 1. The number of nitrogens with zero attached hydrogens (tertiary/aromatic N) is 3. The van der Waals surface area contributed by atoms with E-state index in [-0.39, 0.29) is 5.91 Å². The minimum atomic E-state index is -0.0623. The number of nitrogens with one attached hydrogen (secondary N) is 2. The molecule has 2 unspecified atom stereocenters. The summed E-state index contributed by atoms with van der Waals surface area (Å²) < 4.78 is 1.95. The van der Waals surface area contributed by atoms with E-state index < -0.39 is 0 Å². The van der Waals surface area contributed by atoms with Crippen LogP contribution in [0.15, 0.2) is 42.6 Å². The average molecular weight is 382 g/mol. The van der Waals surface area contributed by atoms with E-state index in [9.17, 15) is 4.79 Å². The number of aromatic nitrogens is 2. The summed E-state index contributed by atoms with van der Waals surface area (Å²) in [4.78, 5) is 15.1. The van der Waals surface area contributed by atoms with Crippen LogP contribution in [0.25, 0.3) is 0 Å². The van der Waals surface area contributed by atoms with Crippen molar-refractivity contribution in [1.82, 2.24) is 25.3 Å². The number of amides is 1. The molecule has 150 valence electrons. The maximum Gasteiger partial charge on any atom is 0.271 e. The Morgan fingerprint density at radius 3 is 2.86 bits per heavy atom. The second-order valence-corrected chi connectivity index (χ2v) is 8.00. The van der Waals surface area contributed by atoms with E-state index >= 15 is 0 Å². The summed E-state index contributed by atoms with van der Waals surface area (Å²) in [5.41, 5.74) is 1.86. The fraction of sp³-hybridized carbons (Fsp3) is 0.545. The summed E-state index contributed by atoms with van der Waals surface area (Å²) in [6.45, 7) is 4.73. The molecule has 2 saturated heterocycles. The molecule has 2 atom stereocenters. The molecule has 0 aliphatic carbocycles. The molecule has 1 amide bonds. The lowest BCUT2D eigenvalue weighted by atomic mass is 10.0. The molecule has 0 radical (unpaired) electrons. The summed E-state index contributed by atoms with van der Waals surface area (Å²) in [6, 6.07) is 13.2. The van der Waals surface area contributed by atoms with Gasteiger partial charge in [-0.3, -0.25) is 14.4 Å². The van der Waals surface area contributed by atoms with Crippen molar-refractivity contribution in [2.75, 3.05) is 26.2 Å². The van der Waals surface area contributed by atoms with E-state index in [4.69, 9.17) is 0 Å². The lowest BCUT2D eigenvalue weighted by Gasteiger charge is -2.35. The number of benzene rings is 1. The van der Waals surface area contributed by atoms with Gasteiger partial charge in [-0.1, -0.05) is 36.8 Å². The maximum atomic E-state index is 12.6. The first kappa shape index (κ1) is 19.2. The van der Waals surface area contributed by atoms with Gasteiger partial charge in [0.05, 0.1) is 6.04 Å². The van der Waals surface area contributed by atoms with Gasteiger partial charge in [-0.15, -0.1) is 0 Å². The minimum absolute atomic E-state index is 0.0623. The van der Waals surface area contributed by atoms with Crippen LogP contribution in [0.2, 0.25) is 0 Å². The molecular weight excluding hydrogens is 350 g/mol. The predicted molar refractivity (Wildman–Crippen MR) is 110 cm³/mol. The lowest BCUT2D eigenvalue weighted by Crippen LogP contribution is -2.46. The van der Waals surface area contributed by atoms with E-state index in [1.807, 2.05) is 16.9 Å². The first-order chi connectivity index (χ1) is 13.8. The van der Waals surface area contributed by atoms with E-state index in [1.165, 1.54) is 18.4 Å². The van der Waals surface area contributed by atoms with Gasteiger partial charge < -0.3 is 10.6 Å². The molecule has 1 aromatic carbocycles. The van der Waals surface area contributed by atoms with Crippen LogP contribution in [-0.2, 0) is 6.54 Å². The summed E-state index contributed by atoms with van der Waals surface area (Å²) in [7, 11) is 0. The Hall–Kier alpha value is -2.18. The highest BCUT2D eigenvalue weighted by Crippen LogP contribution is 2.19. The van der Waals surface area contributed by atoms with E-state index in [0.29, 0.717) is 24.3 Å². The van der Waals surface area contributed by atoms with Gasteiger partial charge in [-0.25, -0.2) is 0 Å². The molecule has 2 aliphatic rings. The van der Waals surface area contributed by atoms with Crippen molar-refractivity contribution in [3.8, 4) is 0 Å². The zero-order valence-electron chi connectivity index (χ0n) is 16.5. The van der Waals surface area contributed by atoms with Crippen molar-refractivity contribution >= 4 is 5.91 Å². The predicted octanol–water partition coefficient (Wildman–Crippen LogP) is 2.59. The molecule has 4 rings (SSSR count). The van der Waals surface area contributed by atoms with Crippen LogP contribution in [0.5, 0.6) is 0 Å². The average Bonchev–Trinajstić information content (AvgIpc) is 3.25. The monoisotopic (exact) mass is 381 g/mol. The van der Waals surface area contributed by atoms with Crippen LogP contribution < -0.4 is 10.6 Å². The molecule has 2 aliphatic heterocycles. The number of hydrogen-bond acceptors (Lipinski definition) is 4. The smallest absolute Gasteiger partial charge is 0.271 e. The van der Waals surface area contributed by atoms with Crippen molar-refractivity contribution in [2.24, 2.45) is 0 Å². The van der Waals surface area contributed by atoms with Gasteiger partial charge in [0, 0.05) is 31.9 Å². The Bertz CT molecular complexity index is 753. The highest BCUT2D eigenvalue weighted by atomic mass is 16.1. The lowest BCUT2D eigenvalue weighted by molar-refractivity contribution is 0.0901. The third kappa shape index (κ3) is 4.80. The highest BCUT2D eigenvalue weighted by Gasteiger charge is 2.24. The van der Waals surface area contributed by atoms with Gasteiger partial charge in [-0.05, 0) is 50.4 Å². The Balaban J connectivity index is 1.32. The number of rotatable bonds is 6. The third-order valence-corrected chi connectivity index (χ3v) is 5.96. The van der Waals surface area contributed by atoms with Crippen molar-refractivity contribution in [1.29, 1.82) is 0 Å². The van der Waals surface area contributed by atoms with E-state index in [2.05, 4.69) is 51.0 Å². The van der Waals surface area contributed by atoms with Crippen LogP contribution in [0, 0.1) is 0 Å². The molecule has 3 heterocycles. The fourth-order valence-corrected chi connectivity index (χ4v) is 4.34. The second kappa shape index (κ2) is 9.34. The van der Waals surface area contributed by atoms with Gasteiger partial charge in [0.15, 0.2) is 0 Å². The normalized spacial score (nSPS) is 23.4. The Kier molecular flexibility index (Phi) is 6.39. The molecule has 28 heavy (non-hydrogen) atoms. The molecular formula is C22H31N5O. The standard InChI is InChI=1S/C22H31N5O/c28-22(21-11-14-27(25-21)20-10-6-12-23-15-20)24-16-19-9-4-5-13-26(19)17-18-7-2-1-3-8-18/h1-3,7-8,11,14,19-20,23H,4-6,9-10,12-13,15-17H2,(H,24,28). The Labute approximate surface area is 167 Å². The van der Waals surface area contributed by atoms with Gasteiger partial charge in [0.1, 0.15) is 5.69 Å². The summed E-state index contributed by atoms with van der Waals surface area (Å²) in [5.74, 6) is -0.0623. The summed E-state index contributed by atoms with van der Waals surface area (Å²) in [6.07, 6.45) is 7.81. The number of piperidine rings is 2. The first-order valence-corrected chi connectivity index (χ1v) is 10.6. The van der Waals surface area contributed by atoms with Crippen molar-refractivity contribution in [3.05, 3.63) is 53.9 Å². The van der Waals surface area contributed by atoms with Gasteiger partial charge in [-0.2, -0.15) is 5.10 Å². The molecule has 0 bridgehead atoms. The molecule has 2 aromatic rings. The number of carbonyl (C=O) groups excluding carboxylic acids is 1. The van der Waals surface area contributed by atoms with Crippen molar-refractivity contribution in [2.45, 2.75) is 50.7 Å². The SMILES string of the molecule is O=C(NCC1CCCCN1Cc1ccccc1)c1ccn(C2CCCNC2)n1. The van der Waals surface area contributed by atoms with Crippen LogP contribution in [0.4, 0.5) is 0 Å². The molecule has 0 spiro atoms. The van der Waals surface area contributed by atoms with E-state index in [1.54, 1.807) is 0 Å². The molecule has 1 aromatic heterocycles.